The topological polar surface area (TPSA) is 64.6 Å². The van der Waals surface area contributed by atoms with Crippen molar-refractivity contribution in [1.82, 2.24) is 5.32 Å². The van der Waals surface area contributed by atoms with Crippen molar-refractivity contribution in [2.75, 3.05) is 6.61 Å². The second-order valence-electron chi connectivity index (χ2n) is 5.20. The molecule has 5 nitrogen and oxygen atoms in total. The molecule has 0 unspecified atom stereocenters. The van der Waals surface area contributed by atoms with Crippen LogP contribution in [-0.2, 0) is 20.7 Å². The Balaban J connectivity index is 1.50. The smallest absolute Gasteiger partial charge is 0.407 e. The molecule has 0 bridgehead atoms. The van der Waals surface area contributed by atoms with Crippen molar-refractivity contribution in [2.45, 2.75) is 44.8 Å². The highest BCUT2D eigenvalue weighted by Crippen LogP contribution is 2.13. The van der Waals surface area contributed by atoms with Gasteiger partial charge in [0.2, 0.25) is 0 Å². The van der Waals surface area contributed by atoms with Crippen LogP contribution in [0.5, 0.6) is 0 Å². The maximum absolute atomic E-state index is 11.5. The maximum Gasteiger partial charge on any atom is 0.407 e. The Labute approximate surface area is 124 Å². The molecule has 1 aliphatic heterocycles. The summed E-state index contributed by atoms with van der Waals surface area (Å²) in [6, 6.07) is 9.75. The highest BCUT2D eigenvalue weighted by Gasteiger charge is 2.40. The van der Waals surface area contributed by atoms with E-state index in [0.717, 1.165) is 25.7 Å². The molecule has 2 rings (SSSR count). The fraction of sp³-hybridized carbons (Fsp3) is 0.500. The second kappa shape index (κ2) is 7.67. The van der Waals surface area contributed by atoms with E-state index >= 15 is 0 Å². The van der Waals surface area contributed by atoms with Crippen molar-refractivity contribution in [3.05, 3.63) is 35.9 Å². The summed E-state index contributed by atoms with van der Waals surface area (Å²) in [4.78, 5) is 22.5. The number of nitrogens with one attached hydrogen (secondary N) is 1. The molecule has 0 aromatic heterocycles. The highest BCUT2D eigenvalue weighted by molar-refractivity contribution is 5.86. The summed E-state index contributed by atoms with van der Waals surface area (Å²) in [5.74, 6) is -0.401. The van der Waals surface area contributed by atoms with E-state index in [0.29, 0.717) is 6.61 Å². The molecular formula is C16H21NO4. The molecule has 21 heavy (non-hydrogen) atoms. The van der Waals surface area contributed by atoms with Gasteiger partial charge in [-0.3, -0.25) is 0 Å². The molecule has 1 fully saturated rings. The Kier molecular flexibility index (Phi) is 5.60. The quantitative estimate of drug-likeness (QED) is 0.619. The van der Waals surface area contributed by atoms with Gasteiger partial charge >= 0.3 is 12.1 Å². The third kappa shape index (κ3) is 4.77. The van der Waals surface area contributed by atoms with Gasteiger partial charge in [0.05, 0.1) is 6.61 Å². The molecule has 0 saturated carbocycles. The van der Waals surface area contributed by atoms with E-state index in [1.807, 2.05) is 18.2 Å². The lowest BCUT2D eigenvalue weighted by Gasteiger charge is -2.32. The van der Waals surface area contributed by atoms with E-state index in [-0.39, 0.29) is 6.10 Å². The monoisotopic (exact) mass is 291 g/mol. The lowest BCUT2D eigenvalue weighted by Crippen LogP contribution is -2.58. The van der Waals surface area contributed by atoms with Crippen molar-refractivity contribution in [3.8, 4) is 0 Å². The van der Waals surface area contributed by atoms with E-state index in [4.69, 9.17) is 9.47 Å². The summed E-state index contributed by atoms with van der Waals surface area (Å²) in [5, 5.41) is 2.50. The van der Waals surface area contributed by atoms with Gasteiger partial charge in [-0.2, -0.15) is 0 Å². The number of aryl methyl sites for hydroxylation is 1. The van der Waals surface area contributed by atoms with Gasteiger partial charge in [0.1, 0.15) is 6.10 Å². The first-order chi connectivity index (χ1) is 10.2. The SMILES string of the molecule is C[C@H]1OC(=O)[C@@H]1NC(=O)OCCCCCc1ccccc1. The molecule has 1 amide bonds. The normalized spacial score (nSPS) is 20.3. The predicted molar refractivity (Wildman–Crippen MR) is 77.8 cm³/mol. The lowest BCUT2D eigenvalue weighted by atomic mass is 10.1. The fourth-order valence-electron chi connectivity index (χ4n) is 2.21. The number of ether oxygens (including phenoxy) is 2. The number of rotatable bonds is 7. The van der Waals surface area contributed by atoms with Gasteiger partial charge in [0.25, 0.3) is 0 Å². The summed E-state index contributed by atoms with van der Waals surface area (Å²) in [6.45, 7) is 2.10. The van der Waals surface area contributed by atoms with Crippen LogP contribution >= 0.6 is 0 Å². The van der Waals surface area contributed by atoms with Crippen LogP contribution in [0.1, 0.15) is 31.7 Å². The van der Waals surface area contributed by atoms with Gasteiger partial charge in [-0.15, -0.1) is 0 Å². The first-order valence-electron chi connectivity index (χ1n) is 7.34. The third-order valence-electron chi connectivity index (χ3n) is 3.48. The molecule has 1 N–H and O–H groups in total. The zero-order valence-corrected chi connectivity index (χ0v) is 12.2. The van der Waals surface area contributed by atoms with Crippen LogP contribution < -0.4 is 5.32 Å². The van der Waals surface area contributed by atoms with Crippen LogP contribution in [0.15, 0.2) is 30.3 Å². The van der Waals surface area contributed by atoms with E-state index < -0.39 is 18.1 Å². The molecule has 0 spiro atoms. The summed E-state index contributed by atoms with van der Waals surface area (Å²) < 4.78 is 9.78. The Morgan fingerprint density at radius 3 is 2.67 bits per heavy atom. The third-order valence-corrected chi connectivity index (χ3v) is 3.48. The number of hydrogen-bond donors (Lipinski definition) is 1. The highest BCUT2D eigenvalue weighted by atomic mass is 16.6. The number of amides is 1. The molecule has 0 radical (unpaired) electrons. The lowest BCUT2D eigenvalue weighted by molar-refractivity contribution is -0.174. The molecule has 5 heteroatoms. The van der Waals surface area contributed by atoms with Crippen LogP contribution in [0, 0.1) is 0 Å². The number of unbranched alkanes of at least 4 members (excludes halogenated alkanes) is 2. The minimum atomic E-state index is -0.560. The van der Waals surface area contributed by atoms with Gasteiger partial charge in [0, 0.05) is 0 Å². The molecular weight excluding hydrogens is 270 g/mol. The molecule has 1 saturated heterocycles. The van der Waals surface area contributed by atoms with Gasteiger partial charge in [0.15, 0.2) is 6.04 Å². The van der Waals surface area contributed by atoms with E-state index in [1.54, 1.807) is 6.92 Å². The Hall–Kier alpha value is -2.04. The van der Waals surface area contributed by atoms with Gasteiger partial charge in [-0.1, -0.05) is 30.3 Å². The largest absolute Gasteiger partial charge is 0.458 e. The Bertz CT molecular complexity index is 474. The van der Waals surface area contributed by atoms with Crippen LogP contribution in [0.3, 0.4) is 0 Å². The predicted octanol–water partition coefficient (Wildman–Crippen LogP) is 2.44. The average molecular weight is 291 g/mol. The van der Waals surface area contributed by atoms with Crippen molar-refractivity contribution in [2.24, 2.45) is 0 Å². The average Bonchev–Trinajstić information content (AvgIpc) is 2.49. The second-order valence-corrected chi connectivity index (χ2v) is 5.20. The Morgan fingerprint density at radius 2 is 2.00 bits per heavy atom. The maximum atomic E-state index is 11.5. The van der Waals surface area contributed by atoms with Crippen molar-refractivity contribution >= 4 is 12.1 Å². The van der Waals surface area contributed by atoms with Gasteiger partial charge < -0.3 is 14.8 Å². The van der Waals surface area contributed by atoms with Crippen molar-refractivity contribution in [3.63, 3.8) is 0 Å². The van der Waals surface area contributed by atoms with E-state index in [1.165, 1.54) is 5.56 Å². The standard InChI is InChI=1S/C16H21NO4/c1-12-14(15(18)21-12)17-16(19)20-11-7-3-6-10-13-8-4-2-5-9-13/h2,4-5,8-9,12,14H,3,6-7,10-11H2,1H3,(H,17,19)/t12-,14-/m1/s1. The molecule has 0 aliphatic carbocycles. The van der Waals surface area contributed by atoms with E-state index in [9.17, 15) is 9.59 Å². The van der Waals surface area contributed by atoms with Crippen LogP contribution in [0.25, 0.3) is 0 Å². The first-order valence-corrected chi connectivity index (χ1v) is 7.34. The number of carbonyl (C=O) groups excluding carboxylic acids is 2. The minimum absolute atomic E-state index is 0.268. The number of cyclic esters (lactones) is 1. The zero-order chi connectivity index (χ0) is 15.1. The first kappa shape index (κ1) is 15.4. The molecule has 1 heterocycles. The zero-order valence-electron chi connectivity index (χ0n) is 12.2. The minimum Gasteiger partial charge on any atom is -0.458 e. The van der Waals surface area contributed by atoms with Crippen molar-refractivity contribution in [1.29, 1.82) is 0 Å². The molecule has 1 aromatic carbocycles. The molecule has 2 atom stereocenters. The summed E-state index contributed by atoms with van der Waals surface area (Å²) in [6.07, 6.45) is 3.12. The van der Waals surface area contributed by atoms with E-state index in [2.05, 4.69) is 17.4 Å². The van der Waals surface area contributed by atoms with Crippen LogP contribution in [0.2, 0.25) is 0 Å². The fourth-order valence-corrected chi connectivity index (χ4v) is 2.21. The molecule has 1 aliphatic rings. The number of alkyl carbamates (subject to hydrolysis) is 1. The van der Waals surface area contributed by atoms with Crippen LogP contribution in [-0.4, -0.2) is 30.8 Å². The summed E-state index contributed by atoms with van der Waals surface area (Å²) in [7, 11) is 0. The number of benzene rings is 1. The van der Waals surface area contributed by atoms with Crippen molar-refractivity contribution < 1.29 is 19.1 Å². The van der Waals surface area contributed by atoms with Gasteiger partial charge in [-0.05, 0) is 38.2 Å². The Morgan fingerprint density at radius 1 is 1.24 bits per heavy atom. The van der Waals surface area contributed by atoms with Crippen LogP contribution in [0.4, 0.5) is 4.79 Å². The molecule has 1 aromatic rings. The van der Waals surface area contributed by atoms with Gasteiger partial charge in [-0.25, -0.2) is 9.59 Å². The summed E-state index contributed by atoms with van der Waals surface area (Å²) >= 11 is 0. The number of carbonyl (C=O) groups is 2. The summed E-state index contributed by atoms with van der Waals surface area (Å²) in [5.41, 5.74) is 1.33. The number of esters is 1. The molecule has 114 valence electrons. The number of hydrogen-bond acceptors (Lipinski definition) is 4.